The van der Waals surface area contributed by atoms with Crippen LogP contribution in [-0.2, 0) is 0 Å². The Morgan fingerprint density at radius 1 is 0.685 bits per heavy atom. The van der Waals surface area contributed by atoms with Crippen molar-refractivity contribution in [3.05, 3.63) is 104 Å². The van der Waals surface area contributed by atoms with Crippen molar-refractivity contribution in [2.45, 2.75) is 103 Å². The molecule has 2 N–H and O–H groups in total. The van der Waals surface area contributed by atoms with E-state index in [1.807, 2.05) is 47.5 Å². The highest BCUT2D eigenvalue weighted by Gasteiger charge is 2.34. The average molecular weight is 743 g/mol. The second kappa shape index (κ2) is 13.7. The number of pyridine rings is 2. The fraction of sp³-hybridized carbons (Fsp3) is 0.400. The molecule has 2 amide bonds. The van der Waals surface area contributed by atoms with Gasteiger partial charge in [-0.15, -0.1) is 11.3 Å². The molecule has 4 aliphatic rings. The number of anilines is 2. The molecule has 0 aromatic carbocycles. The maximum atomic E-state index is 12.5. The number of hydrogen-bond donors (Lipinski definition) is 2. The molecular formula is C40H42N10O3S. The molecule has 6 aromatic rings. The van der Waals surface area contributed by atoms with E-state index in [1.54, 1.807) is 26.2 Å². The second-order valence-electron chi connectivity index (χ2n) is 15.0. The van der Waals surface area contributed by atoms with Crippen molar-refractivity contribution < 1.29 is 14.1 Å². The zero-order valence-corrected chi connectivity index (χ0v) is 31.6. The minimum absolute atomic E-state index is 0.138. The summed E-state index contributed by atoms with van der Waals surface area (Å²) in [4.78, 5) is 39.0. The Bertz CT molecular complexity index is 2340. The number of aryl methyl sites for hydroxylation is 4. The van der Waals surface area contributed by atoms with E-state index in [9.17, 15) is 9.59 Å². The normalized spacial score (nSPS) is 16.5. The summed E-state index contributed by atoms with van der Waals surface area (Å²) >= 11 is 1.41. The first-order valence-electron chi connectivity index (χ1n) is 18.8. The van der Waals surface area contributed by atoms with E-state index in [0.717, 1.165) is 22.3 Å². The largest absolute Gasteiger partial charge is 0.361 e. The summed E-state index contributed by atoms with van der Waals surface area (Å²) in [7, 11) is 0. The van der Waals surface area contributed by atoms with Gasteiger partial charge in [0.15, 0.2) is 11.6 Å². The molecule has 13 nitrogen and oxygen atoms in total. The molecule has 54 heavy (non-hydrogen) atoms. The summed E-state index contributed by atoms with van der Waals surface area (Å²) in [5.74, 6) is 4.20. The van der Waals surface area contributed by atoms with Gasteiger partial charge in [-0.25, -0.2) is 24.3 Å². The Kier molecular flexibility index (Phi) is 8.71. The summed E-state index contributed by atoms with van der Waals surface area (Å²) in [6, 6.07) is 12.1. The van der Waals surface area contributed by atoms with Crippen molar-refractivity contribution in [2.75, 3.05) is 10.6 Å². The third-order valence-electron chi connectivity index (χ3n) is 10.3. The number of rotatable bonds is 10. The highest BCUT2D eigenvalue weighted by atomic mass is 32.1. The second-order valence-corrected chi connectivity index (χ2v) is 16.2. The molecule has 4 saturated carbocycles. The Labute approximate surface area is 316 Å². The third kappa shape index (κ3) is 7.22. The van der Waals surface area contributed by atoms with E-state index in [4.69, 9.17) is 14.7 Å². The maximum Gasteiger partial charge on any atom is 0.267 e. The van der Waals surface area contributed by atoms with Crippen molar-refractivity contribution in [2.24, 2.45) is 0 Å². The number of aromatic nitrogens is 8. The van der Waals surface area contributed by atoms with Crippen LogP contribution in [-0.4, -0.2) is 51.5 Å². The van der Waals surface area contributed by atoms with Crippen molar-refractivity contribution in [3.63, 3.8) is 0 Å². The molecule has 6 heterocycles. The Hall–Kier alpha value is -5.50. The van der Waals surface area contributed by atoms with Crippen molar-refractivity contribution in [3.8, 4) is 11.6 Å². The van der Waals surface area contributed by atoms with E-state index >= 15 is 0 Å². The first kappa shape index (κ1) is 34.3. The van der Waals surface area contributed by atoms with Crippen LogP contribution in [0.25, 0.3) is 11.6 Å². The monoisotopic (exact) mass is 742 g/mol. The standard InChI is InChI=1S/C20H21N5O2.C20H21N5OS/c1-11-19(12(2)27-24-11)20(26)22-15-7-8-18(21-10-15)25-17(14-5-6-14)9-16(23-25)13-3-4-13;1-11-19(27-12(2)22-11)20(26)23-15-7-8-18(21-10-15)25-17(14-5-6-14)9-16(24-25)13-3-4-13/h7-10,13-14H,3-6H2,1-2H3,(H,22,26);7-10,13-14H,3-6H2,1-2H3,(H,23,26). The number of carbonyl (C=O) groups excluding carboxylic acids is 2. The molecule has 4 aliphatic carbocycles. The van der Waals surface area contributed by atoms with Gasteiger partial charge in [0.05, 0.1) is 51.6 Å². The zero-order chi connectivity index (χ0) is 37.1. The SMILES string of the molecule is Cc1nc(C)c(C(=O)Nc2ccc(-n3nc(C4CC4)cc3C3CC3)nc2)s1.Cc1noc(C)c1C(=O)Nc1ccc(-n2nc(C3CC3)cc2C2CC2)nc1. The van der Waals surface area contributed by atoms with E-state index in [0.29, 0.717) is 56.9 Å². The minimum Gasteiger partial charge on any atom is -0.361 e. The number of carbonyl (C=O) groups is 2. The highest BCUT2D eigenvalue weighted by molar-refractivity contribution is 7.13. The molecule has 0 spiro atoms. The lowest BCUT2D eigenvalue weighted by Crippen LogP contribution is -2.14. The fourth-order valence-electron chi connectivity index (χ4n) is 6.79. The van der Waals surface area contributed by atoms with E-state index in [2.05, 4.69) is 42.9 Å². The first-order valence-corrected chi connectivity index (χ1v) is 19.6. The van der Waals surface area contributed by atoms with Gasteiger partial charge in [0.2, 0.25) is 0 Å². The zero-order valence-electron chi connectivity index (χ0n) is 30.8. The molecule has 10 rings (SSSR count). The fourth-order valence-corrected chi connectivity index (χ4v) is 7.61. The number of thiazole rings is 1. The Morgan fingerprint density at radius 3 is 1.57 bits per heavy atom. The topological polar surface area (TPSA) is 159 Å². The summed E-state index contributed by atoms with van der Waals surface area (Å²) in [5.41, 5.74) is 8.04. The van der Waals surface area contributed by atoms with E-state index < -0.39 is 0 Å². The van der Waals surface area contributed by atoms with Crippen LogP contribution in [0.4, 0.5) is 11.4 Å². The lowest BCUT2D eigenvalue weighted by molar-refractivity contribution is 0.101. The smallest absolute Gasteiger partial charge is 0.267 e. The van der Waals surface area contributed by atoms with Crippen molar-refractivity contribution >= 4 is 34.5 Å². The van der Waals surface area contributed by atoms with Crippen LogP contribution in [0.15, 0.2) is 53.3 Å². The summed E-state index contributed by atoms with van der Waals surface area (Å²) in [5, 5.41) is 20.1. The van der Waals surface area contributed by atoms with Gasteiger partial charge in [0.1, 0.15) is 16.2 Å². The van der Waals surface area contributed by atoms with Gasteiger partial charge in [-0.3, -0.25) is 9.59 Å². The van der Waals surface area contributed by atoms with E-state index in [-0.39, 0.29) is 11.8 Å². The average Bonchev–Trinajstić information content (AvgIpc) is 3.97. The molecule has 0 atom stereocenters. The molecule has 0 saturated heterocycles. The summed E-state index contributed by atoms with van der Waals surface area (Å²) in [6.07, 6.45) is 13.2. The third-order valence-corrected chi connectivity index (χ3v) is 11.4. The highest BCUT2D eigenvalue weighted by Crippen LogP contribution is 2.46. The molecule has 0 unspecified atom stereocenters. The van der Waals surface area contributed by atoms with Gasteiger partial charge in [-0.2, -0.15) is 10.2 Å². The van der Waals surface area contributed by atoms with Crippen molar-refractivity contribution in [1.82, 2.24) is 39.7 Å². The molecule has 276 valence electrons. The lowest BCUT2D eigenvalue weighted by atomic mass is 10.2. The van der Waals surface area contributed by atoms with Crippen LogP contribution in [0.5, 0.6) is 0 Å². The van der Waals surface area contributed by atoms with Gasteiger partial charge >= 0.3 is 0 Å². The van der Waals surface area contributed by atoms with Crippen LogP contribution < -0.4 is 10.6 Å². The van der Waals surface area contributed by atoms with Gasteiger partial charge in [0.25, 0.3) is 11.8 Å². The molecule has 0 radical (unpaired) electrons. The van der Waals surface area contributed by atoms with Gasteiger partial charge in [0, 0.05) is 35.1 Å². The predicted molar refractivity (Wildman–Crippen MR) is 204 cm³/mol. The number of nitrogens with one attached hydrogen (secondary N) is 2. The Morgan fingerprint density at radius 2 is 1.19 bits per heavy atom. The molecule has 0 aliphatic heterocycles. The quantitative estimate of drug-likeness (QED) is 0.141. The molecule has 0 bridgehead atoms. The number of amides is 2. The van der Waals surface area contributed by atoms with Gasteiger partial charge in [-0.05, 0) is 115 Å². The molecule has 14 heteroatoms. The maximum absolute atomic E-state index is 12.5. The van der Waals surface area contributed by atoms with Crippen LogP contribution in [0.3, 0.4) is 0 Å². The predicted octanol–water partition coefficient (Wildman–Crippen LogP) is 8.23. The summed E-state index contributed by atoms with van der Waals surface area (Å²) < 4.78 is 9.03. The molecular weight excluding hydrogens is 701 g/mol. The number of nitrogens with zero attached hydrogens (tertiary/aromatic N) is 8. The first-order chi connectivity index (χ1) is 26.2. The Balaban J connectivity index is 0.000000142. The van der Waals surface area contributed by atoms with Gasteiger partial charge < -0.3 is 15.2 Å². The molecule has 4 fully saturated rings. The molecule has 6 aromatic heterocycles. The van der Waals surface area contributed by atoms with Crippen molar-refractivity contribution in [1.29, 1.82) is 0 Å². The van der Waals surface area contributed by atoms with Crippen LogP contribution >= 0.6 is 11.3 Å². The minimum atomic E-state index is -0.241. The van der Waals surface area contributed by atoms with E-state index in [1.165, 1.54) is 85.5 Å². The lowest BCUT2D eigenvalue weighted by Gasteiger charge is -2.08. The van der Waals surface area contributed by atoms with Gasteiger partial charge in [-0.1, -0.05) is 5.16 Å². The summed E-state index contributed by atoms with van der Waals surface area (Å²) in [6.45, 7) is 7.24. The number of hydrogen-bond acceptors (Lipinski definition) is 10. The van der Waals surface area contributed by atoms with Crippen LogP contribution in [0, 0.1) is 27.7 Å². The van der Waals surface area contributed by atoms with Crippen LogP contribution in [0.1, 0.15) is 140 Å². The van der Waals surface area contributed by atoms with Crippen LogP contribution in [0.2, 0.25) is 0 Å².